The number of para-hydroxylation sites is 1. The number of hydrogen-bond acceptors (Lipinski definition) is 3. The number of nitrogens with zero attached hydrogens (tertiary/aromatic N) is 1. The van der Waals surface area contributed by atoms with E-state index in [0.717, 1.165) is 17.1 Å². The molecule has 0 spiro atoms. The Morgan fingerprint density at radius 2 is 1.89 bits per heavy atom. The van der Waals surface area contributed by atoms with E-state index in [2.05, 4.69) is 29.3 Å². The van der Waals surface area contributed by atoms with E-state index in [9.17, 15) is 0 Å². The van der Waals surface area contributed by atoms with Crippen LogP contribution in [0.1, 0.15) is 5.56 Å². The van der Waals surface area contributed by atoms with Crippen LogP contribution in [0.15, 0.2) is 36.4 Å². The molecule has 0 saturated carbocycles. The zero-order valence-electron chi connectivity index (χ0n) is 11.4. The number of hydrogen-bond donors (Lipinski definition) is 2. The van der Waals surface area contributed by atoms with E-state index in [0.29, 0.717) is 10.7 Å². The van der Waals surface area contributed by atoms with Crippen LogP contribution < -0.4 is 16.0 Å². The van der Waals surface area contributed by atoms with Gasteiger partial charge in [0.25, 0.3) is 0 Å². The van der Waals surface area contributed by atoms with Crippen molar-refractivity contribution in [2.75, 3.05) is 30.0 Å². The third kappa shape index (κ3) is 2.93. The predicted molar refractivity (Wildman–Crippen MR) is 84.7 cm³/mol. The Hall–Kier alpha value is -1.87. The highest BCUT2D eigenvalue weighted by Crippen LogP contribution is 2.32. The number of benzene rings is 2. The summed E-state index contributed by atoms with van der Waals surface area (Å²) in [7, 11) is 4.05. The summed E-state index contributed by atoms with van der Waals surface area (Å²) in [5, 5.41) is 3.90. The highest BCUT2D eigenvalue weighted by Gasteiger charge is 2.07. The zero-order valence-corrected chi connectivity index (χ0v) is 12.1. The fraction of sp³-hybridized carbons (Fsp3) is 0.200. The van der Waals surface area contributed by atoms with Crippen molar-refractivity contribution in [2.45, 2.75) is 6.92 Å². The van der Waals surface area contributed by atoms with Crippen molar-refractivity contribution in [2.24, 2.45) is 0 Å². The Balaban J connectivity index is 2.36. The second-order valence-electron chi connectivity index (χ2n) is 4.72. The number of anilines is 4. The fourth-order valence-electron chi connectivity index (χ4n) is 1.99. The van der Waals surface area contributed by atoms with Crippen LogP contribution in [0.2, 0.25) is 5.02 Å². The Labute approximate surface area is 119 Å². The number of aryl methyl sites for hydroxylation is 1. The van der Waals surface area contributed by atoms with Gasteiger partial charge in [-0.1, -0.05) is 23.7 Å². The Morgan fingerprint density at radius 1 is 1.16 bits per heavy atom. The summed E-state index contributed by atoms with van der Waals surface area (Å²) in [6.45, 7) is 2.09. The lowest BCUT2D eigenvalue weighted by atomic mass is 10.1. The van der Waals surface area contributed by atoms with Crippen LogP contribution in [0.3, 0.4) is 0 Å². The van der Waals surface area contributed by atoms with Gasteiger partial charge in [0.05, 0.1) is 16.4 Å². The van der Waals surface area contributed by atoms with Crippen molar-refractivity contribution in [3.63, 3.8) is 0 Å². The average Bonchev–Trinajstić information content (AvgIpc) is 2.35. The molecule has 100 valence electrons. The van der Waals surface area contributed by atoms with E-state index in [1.54, 1.807) is 0 Å². The van der Waals surface area contributed by atoms with E-state index in [1.165, 1.54) is 5.56 Å². The lowest BCUT2D eigenvalue weighted by molar-refractivity contribution is 1.11. The van der Waals surface area contributed by atoms with Gasteiger partial charge in [0, 0.05) is 25.5 Å². The summed E-state index contributed by atoms with van der Waals surface area (Å²) in [5.74, 6) is 0. The maximum Gasteiger partial charge on any atom is 0.0807 e. The second-order valence-corrected chi connectivity index (χ2v) is 5.13. The molecule has 0 atom stereocenters. The minimum Gasteiger partial charge on any atom is -0.397 e. The first kappa shape index (κ1) is 13.6. The molecule has 4 heteroatoms. The summed E-state index contributed by atoms with van der Waals surface area (Å²) < 4.78 is 0. The van der Waals surface area contributed by atoms with Crippen molar-refractivity contribution in [3.8, 4) is 0 Å². The molecule has 0 saturated heterocycles. The third-order valence-corrected chi connectivity index (χ3v) is 3.32. The van der Waals surface area contributed by atoms with Gasteiger partial charge in [-0.2, -0.15) is 0 Å². The van der Waals surface area contributed by atoms with Gasteiger partial charge in [0.1, 0.15) is 0 Å². The minimum absolute atomic E-state index is 0.618. The monoisotopic (exact) mass is 275 g/mol. The zero-order chi connectivity index (χ0) is 14.0. The van der Waals surface area contributed by atoms with Crippen molar-refractivity contribution >= 4 is 34.4 Å². The van der Waals surface area contributed by atoms with Gasteiger partial charge in [-0.15, -0.1) is 0 Å². The average molecular weight is 276 g/mol. The smallest absolute Gasteiger partial charge is 0.0807 e. The first-order valence-electron chi connectivity index (χ1n) is 6.08. The van der Waals surface area contributed by atoms with Crippen LogP contribution in [0.4, 0.5) is 22.7 Å². The standard InChI is InChI=1S/C15H18ClN3/c1-10-7-8-11(9-14(10)19(2)3)18-15-12(16)5-4-6-13(15)17/h4-9,18H,17H2,1-3H3. The van der Waals surface area contributed by atoms with Crippen molar-refractivity contribution in [1.82, 2.24) is 0 Å². The molecule has 0 unspecified atom stereocenters. The molecule has 0 aliphatic rings. The molecule has 0 aliphatic heterocycles. The Kier molecular flexibility index (Phi) is 3.86. The maximum atomic E-state index is 6.16. The Morgan fingerprint density at radius 3 is 2.53 bits per heavy atom. The van der Waals surface area contributed by atoms with Crippen molar-refractivity contribution < 1.29 is 0 Å². The van der Waals surface area contributed by atoms with Gasteiger partial charge >= 0.3 is 0 Å². The molecule has 19 heavy (non-hydrogen) atoms. The Bertz CT molecular complexity index is 574. The van der Waals surface area contributed by atoms with Crippen LogP contribution in [-0.4, -0.2) is 14.1 Å². The van der Waals surface area contributed by atoms with Crippen LogP contribution in [0.25, 0.3) is 0 Å². The molecule has 2 aromatic carbocycles. The lowest BCUT2D eigenvalue weighted by Crippen LogP contribution is -2.10. The van der Waals surface area contributed by atoms with E-state index in [-0.39, 0.29) is 0 Å². The molecule has 0 heterocycles. The molecular weight excluding hydrogens is 258 g/mol. The first-order chi connectivity index (χ1) is 8.99. The molecule has 0 fully saturated rings. The fourth-order valence-corrected chi connectivity index (χ4v) is 2.22. The molecule has 2 aromatic rings. The maximum absolute atomic E-state index is 6.16. The van der Waals surface area contributed by atoms with Gasteiger partial charge in [0.15, 0.2) is 0 Å². The number of nitrogens with one attached hydrogen (secondary N) is 1. The largest absolute Gasteiger partial charge is 0.397 e. The lowest BCUT2D eigenvalue weighted by Gasteiger charge is -2.18. The topological polar surface area (TPSA) is 41.3 Å². The highest BCUT2D eigenvalue weighted by atomic mass is 35.5. The molecular formula is C15H18ClN3. The van der Waals surface area contributed by atoms with E-state index in [4.69, 9.17) is 17.3 Å². The van der Waals surface area contributed by atoms with E-state index >= 15 is 0 Å². The van der Waals surface area contributed by atoms with Crippen LogP contribution >= 0.6 is 11.6 Å². The normalized spacial score (nSPS) is 10.3. The van der Waals surface area contributed by atoms with Crippen LogP contribution in [0, 0.1) is 6.92 Å². The minimum atomic E-state index is 0.618. The molecule has 0 aromatic heterocycles. The first-order valence-corrected chi connectivity index (χ1v) is 6.46. The number of nitrogens with two attached hydrogens (primary N) is 1. The predicted octanol–water partition coefficient (Wildman–Crippen LogP) is 4.04. The van der Waals surface area contributed by atoms with Crippen LogP contribution in [-0.2, 0) is 0 Å². The van der Waals surface area contributed by atoms with Crippen molar-refractivity contribution in [1.29, 1.82) is 0 Å². The SMILES string of the molecule is Cc1ccc(Nc2c(N)cccc2Cl)cc1N(C)C. The van der Waals surface area contributed by atoms with Crippen LogP contribution in [0.5, 0.6) is 0 Å². The van der Waals surface area contributed by atoms with Crippen molar-refractivity contribution in [3.05, 3.63) is 47.0 Å². The molecule has 3 nitrogen and oxygen atoms in total. The summed E-state index contributed by atoms with van der Waals surface area (Å²) in [6.07, 6.45) is 0. The third-order valence-electron chi connectivity index (χ3n) is 3.01. The second kappa shape index (κ2) is 5.41. The highest BCUT2D eigenvalue weighted by molar-refractivity contribution is 6.34. The van der Waals surface area contributed by atoms with Gasteiger partial charge in [-0.25, -0.2) is 0 Å². The van der Waals surface area contributed by atoms with E-state index in [1.807, 2.05) is 38.4 Å². The molecule has 3 N–H and O–H groups in total. The molecule has 0 radical (unpaired) electrons. The summed E-state index contributed by atoms with van der Waals surface area (Å²) in [6, 6.07) is 11.7. The quantitative estimate of drug-likeness (QED) is 0.831. The molecule has 0 aliphatic carbocycles. The molecule has 0 bridgehead atoms. The number of nitrogen functional groups attached to an aromatic ring is 1. The van der Waals surface area contributed by atoms with Gasteiger partial charge in [-0.05, 0) is 36.8 Å². The molecule has 2 rings (SSSR count). The summed E-state index contributed by atoms with van der Waals surface area (Å²) >= 11 is 6.16. The summed E-state index contributed by atoms with van der Waals surface area (Å²) in [5.41, 5.74) is 10.7. The number of rotatable bonds is 3. The van der Waals surface area contributed by atoms with E-state index < -0.39 is 0 Å². The number of halogens is 1. The molecule has 0 amide bonds. The van der Waals surface area contributed by atoms with Gasteiger partial charge in [0.2, 0.25) is 0 Å². The van der Waals surface area contributed by atoms with Gasteiger partial charge < -0.3 is 16.0 Å². The summed E-state index contributed by atoms with van der Waals surface area (Å²) in [4.78, 5) is 2.08. The van der Waals surface area contributed by atoms with Gasteiger partial charge in [-0.3, -0.25) is 0 Å².